The second-order valence-corrected chi connectivity index (χ2v) is 19.2. The van der Waals surface area contributed by atoms with Crippen molar-refractivity contribution in [3.63, 3.8) is 0 Å². The summed E-state index contributed by atoms with van der Waals surface area (Å²) >= 11 is 0. The molecule has 1 saturated carbocycles. The van der Waals surface area contributed by atoms with E-state index in [0.717, 1.165) is 43.2 Å². The number of hydrogen-bond donors (Lipinski definition) is 3. The van der Waals surface area contributed by atoms with Crippen LogP contribution in [-0.4, -0.2) is 83.1 Å². The van der Waals surface area contributed by atoms with Crippen LogP contribution in [0.25, 0.3) is 6.08 Å². The molecule has 72 heavy (non-hydrogen) atoms. The van der Waals surface area contributed by atoms with E-state index in [1.165, 1.54) is 82.4 Å². The average Bonchev–Trinajstić information content (AvgIpc) is 3.38. The van der Waals surface area contributed by atoms with E-state index in [9.17, 15) is 29.5 Å². The maximum absolute atomic E-state index is 15.0. The Kier molecular flexibility index (Phi) is 21.8. The van der Waals surface area contributed by atoms with Crippen LogP contribution in [-0.2, 0) is 20.9 Å². The predicted molar refractivity (Wildman–Crippen MR) is 277 cm³/mol. The molecule has 3 aliphatic rings. The highest BCUT2D eigenvalue weighted by Gasteiger charge is 2.65. The molecule has 14 nitrogen and oxygen atoms in total. The molecule has 1 heterocycles. The van der Waals surface area contributed by atoms with Crippen LogP contribution in [0, 0.1) is 33.7 Å². The third-order valence-corrected chi connectivity index (χ3v) is 14.3. The summed E-state index contributed by atoms with van der Waals surface area (Å²) in [6.45, 7) is 6.84. The monoisotopic (exact) mass is 995 g/mol. The number of aliphatic hydroxyl groups is 2. The van der Waals surface area contributed by atoms with E-state index >= 15 is 4.79 Å². The van der Waals surface area contributed by atoms with Gasteiger partial charge in [0.15, 0.2) is 0 Å². The first-order valence-corrected chi connectivity index (χ1v) is 26.1. The van der Waals surface area contributed by atoms with E-state index < -0.39 is 40.5 Å². The third kappa shape index (κ3) is 14.6. The van der Waals surface area contributed by atoms with E-state index in [1.54, 1.807) is 53.5 Å². The van der Waals surface area contributed by atoms with Crippen molar-refractivity contribution >= 4 is 29.5 Å². The molecular weight excluding hydrogens is 920 g/mol. The number of benzene rings is 3. The number of carbonyl (C=O) groups excluding carboxylic acids is 2. The van der Waals surface area contributed by atoms with Crippen molar-refractivity contribution in [3.8, 4) is 11.5 Å². The minimum absolute atomic E-state index is 0.00518. The second kappa shape index (κ2) is 28.4. The Balaban J connectivity index is 1.41. The van der Waals surface area contributed by atoms with E-state index in [0.29, 0.717) is 60.6 Å². The molecule has 6 atom stereocenters. The number of allylic oxidation sites excluding steroid dienone is 1. The lowest BCUT2D eigenvalue weighted by Gasteiger charge is -2.60. The third-order valence-electron chi connectivity index (χ3n) is 14.3. The van der Waals surface area contributed by atoms with Gasteiger partial charge in [-0.25, -0.2) is 9.18 Å². The number of aliphatic hydroxyl groups excluding tert-OH is 2. The van der Waals surface area contributed by atoms with Crippen molar-refractivity contribution in [1.29, 1.82) is 0 Å². The number of amides is 2. The van der Waals surface area contributed by atoms with E-state index in [4.69, 9.17) is 19.0 Å². The van der Waals surface area contributed by atoms with Gasteiger partial charge in [0.1, 0.15) is 30.5 Å². The summed E-state index contributed by atoms with van der Waals surface area (Å²) in [6, 6.07) is 16.2. The van der Waals surface area contributed by atoms with Crippen LogP contribution < -0.4 is 14.8 Å². The molecule has 0 radical (unpaired) electrons. The fraction of sp³-hybridized carbons (Fsp3) is 0.526. The molecule has 2 aliphatic carbocycles. The molecule has 0 bridgehead atoms. The Morgan fingerprint density at radius 3 is 2.26 bits per heavy atom. The predicted octanol–water partition coefficient (Wildman–Crippen LogP) is 11.7. The first kappa shape index (κ1) is 55.4. The van der Waals surface area contributed by atoms with Gasteiger partial charge in [-0.1, -0.05) is 107 Å². The first-order chi connectivity index (χ1) is 35.1. The van der Waals surface area contributed by atoms with Gasteiger partial charge in [0, 0.05) is 62.4 Å². The number of unbranched alkanes of at least 4 members (excludes halogenated alkanes) is 11. The quantitative estimate of drug-likeness (QED) is 0.0191. The summed E-state index contributed by atoms with van der Waals surface area (Å²) in [5.74, 6) is -2.77. The zero-order chi connectivity index (χ0) is 51.3. The number of non-ortho nitro benzene ring substituents is 1. The number of nitro groups is 1. The lowest BCUT2D eigenvalue weighted by Crippen LogP contribution is -2.70. The number of halogens is 1. The number of nitrogens with zero attached hydrogens (tertiary/aromatic N) is 3. The van der Waals surface area contributed by atoms with Crippen LogP contribution in [0.5, 0.6) is 11.5 Å². The molecule has 0 saturated heterocycles. The topological polar surface area (TPSA) is 182 Å². The number of nitro benzene ring substituents is 1. The standard InChI is InChI=1S/C57H75FN4O10/c1-4-6-7-8-9-10-11-12-13-16-33-59-56(66)71-46-30-31-51-49(38-46)54-47(20-15-18-35-64)43(19-14-17-34-63)37-48-50(60-69-3)39-52(57(72-51,55(48)54)70-36-5-2)61(40-42-21-26-44(58)27-22-42)53(65)32-25-41-23-28-45(29-24-41)62(67)68/h5,21-32,37-38,43,47,52,54-55,63-64H,2,4,6-20,33-36,39-40H2,1,3H3,(H,59,66)/t43-,47+,52-,54+,55+,57+/m0/s1. The molecule has 1 fully saturated rings. The Bertz CT molecular complexity index is 2320. The summed E-state index contributed by atoms with van der Waals surface area (Å²) in [5.41, 5.74) is 3.31. The molecule has 0 unspecified atom stereocenters. The van der Waals surface area contributed by atoms with Crippen molar-refractivity contribution in [1.82, 2.24) is 10.2 Å². The fourth-order valence-electron chi connectivity index (χ4n) is 10.9. The first-order valence-electron chi connectivity index (χ1n) is 26.1. The van der Waals surface area contributed by atoms with E-state index in [2.05, 4.69) is 30.1 Å². The van der Waals surface area contributed by atoms with Gasteiger partial charge < -0.3 is 39.5 Å². The normalized spacial score (nSPS) is 21.5. The summed E-state index contributed by atoms with van der Waals surface area (Å²) in [4.78, 5) is 46.6. The number of ether oxygens (including phenoxy) is 3. The number of carbonyl (C=O) groups is 2. The number of fused-ring (bicyclic) bond motifs is 2. The average molecular weight is 995 g/mol. The Hall–Kier alpha value is -5.90. The van der Waals surface area contributed by atoms with Crippen LogP contribution in [0.3, 0.4) is 0 Å². The van der Waals surface area contributed by atoms with Crippen molar-refractivity contribution in [2.75, 3.05) is 33.5 Å². The van der Waals surface area contributed by atoms with Gasteiger partial charge in [0.25, 0.3) is 5.69 Å². The SMILES string of the molecule is C=CCO[C@@]12Oc3ccc(OC(=O)NCCCCCCCCCCCC)cc3[C@H]3[C@H](CCCCO)[C@@H](CCCCO)C=C(C(=NOC)C[C@@H]1N(Cc1ccc(F)cc1)C(=O)C=Cc1ccc([N+](=O)[O-])cc1)[C@H]32. The van der Waals surface area contributed by atoms with Crippen molar-refractivity contribution < 1.29 is 48.2 Å². The largest absolute Gasteiger partial charge is 0.459 e. The Morgan fingerprint density at radius 2 is 1.61 bits per heavy atom. The zero-order valence-electron chi connectivity index (χ0n) is 42.2. The molecule has 3 aromatic rings. The van der Waals surface area contributed by atoms with Gasteiger partial charge in [-0.15, -0.1) is 6.58 Å². The lowest BCUT2D eigenvalue weighted by molar-refractivity contribution is -0.384. The van der Waals surface area contributed by atoms with Gasteiger partial charge in [0.2, 0.25) is 11.7 Å². The van der Waals surface area contributed by atoms with Gasteiger partial charge in [-0.2, -0.15) is 0 Å². The highest BCUT2D eigenvalue weighted by atomic mass is 19.1. The molecule has 1 aliphatic heterocycles. The van der Waals surface area contributed by atoms with Crippen LogP contribution in [0.2, 0.25) is 0 Å². The molecule has 0 spiro atoms. The van der Waals surface area contributed by atoms with Gasteiger partial charge >= 0.3 is 6.09 Å². The van der Waals surface area contributed by atoms with Crippen LogP contribution >= 0.6 is 0 Å². The minimum atomic E-state index is -1.60. The minimum Gasteiger partial charge on any atom is -0.459 e. The lowest BCUT2D eigenvalue weighted by atomic mass is 9.55. The van der Waals surface area contributed by atoms with Gasteiger partial charge in [-0.3, -0.25) is 14.9 Å². The molecule has 2 amide bonds. The summed E-state index contributed by atoms with van der Waals surface area (Å²) in [5, 5.41) is 38.9. The zero-order valence-corrected chi connectivity index (χ0v) is 42.2. The summed E-state index contributed by atoms with van der Waals surface area (Å²) in [7, 11) is 1.47. The smallest absolute Gasteiger partial charge is 0.412 e. The number of nitrogens with one attached hydrogen (secondary N) is 1. The molecule has 0 aromatic heterocycles. The highest BCUT2D eigenvalue weighted by Crippen LogP contribution is 2.62. The van der Waals surface area contributed by atoms with E-state index in [-0.39, 0.29) is 56.2 Å². The molecule has 15 heteroatoms. The molecule has 6 rings (SSSR count). The maximum atomic E-state index is 15.0. The Morgan fingerprint density at radius 1 is 0.931 bits per heavy atom. The molecule has 3 aromatic carbocycles. The summed E-state index contributed by atoms with van der Waals surface area (Å²) in [6.07, 6.45) is 22.4. The van der Waals surface area contributed by atoms with Crippen molar-refractivity contribution in [2.24, 2.45) is 22.9 Å². The van der Waals surface area contributed by atoms with Crippen molar-refractivity contribution in [3.05, 3.63) is 130 Å². The van der Waals surface area contributed by atoms with Crippen LogP contribution in [0.1, 0.15) is 139 Å². The number of oxime groups is 1. The van der Waals surface area contributed by atoms with Crippen molar-refractivity contribution in [2.45, 2.75) is 140 Å². The number of rotatable bonds is 30. The van der Waals surface area contributed by atoms with Gasteiger partial charge in [-0.05, 0) is 109 Å². The molecular formula is C57H75FN4O10. The fourth-order valence-corrected chi connectivity index (χ4v) is 10.9. The molecule has 390 valence electrons. The van der Waals surface area contributed by atoms with Gasteiger partial charge in [0.05, 0.1) is 23.2 Å². The Labute approximate surface area is 424 Å². The van der Waals surface area contributed by atoms with Crippen LogP contribution in [0.15, 0.2) is 102 Å². The van der Waals surface area contributed by atoms with E-state index in [1.807, 2.05) is 6.07 Å². The highest BCUT2D eigenvalue weighted by molar-refractivity contribution is 6.03. The second-order valence-electron chi connectivity index (χ2n) is 19.2. The van der Waals surface area contributed by atoms with Crippen LogP contribution in [0.4, 0.5) is 14.9 Å². The summed E-state index contributed by atoms with van der Waals surface area (Å²) < 4.78 is 34.8. The number of hydrogen-bond acceptors (Lipinski definition) is 11. The maximum Gasteiger partial charge on any atom is 0.412 e. The molecule has 3 N–H and O–H groups in total.